The first kappa shape index (κ1) is 21.1. The average Bonchev–Trinajstić information content (AvgIpc) is 3.46. The minimum absolute atomic E-state index is 0.0844. The first-order valence-electron chi connectivity index (χ1n) is 11.8. The summed E-state index contributed by atoms with van der Waals surface area (Å²) >= 11 is 0. The molecule has 0 atom stereocenters. The van der Waals surface area contributed by atoms with Crippen molar-refractivity contribution < 1.29 is 14.3 Å². The van der Waals surface area contributed by atoms with E-state index in [0.29, 0.717) is 49.7 Å². The molecular weight excluding hydrogens is 434 g/mol. The normalized spacial score (nSPS) is 19.0. The highest BCUT2D eigenvalue weighted by Gasteiger charge is 2.35. The van der Waals surface area contributed by atoms with Crippen LogP contribution in [0.2, 0.25) is 0 Å². The van der Waals surface area contributed by atoms with Crippen LogP contribution in [-0.2, 0) is 11.3 Å². The number of carbonyl (C=O) groups is 2. The molecule has 10 nitrogen and oxygen atoms in total. The molecule has 2 amide bonds. The van der Waals surface area contributed by atoms with Crippen molar-refractivity contribution in [2.24, 2.45) is 0 Å². The van der Waals surface area contributed by atoms with Crippen LogP contribution in [-0.4, -0.2) is 76.7 Å². The summed E-state index contributed by atoms with van der Waals surface area (Å²) in [6, 6.07) is 5.93. The van der Waals surface area contributed by atoms with E-state index in [9.17, 15) is 9.59 Å². The predicted octanol–water partition coefficient (Wildman–Crippen LogP) is 1.53. The monoisotopic (exact) mass is 461 g/mol. The molecule has 34 heavy (non-hydrogen) atoms. The number of nitrogens with one attached hydrogen (secondary N) is 2. The van der Waals surface area contributed by atoms with E-state index < -0.39 is 0 Å². The number of benzene rings is 1. The zero-order valence-corrected chi connectivity index (χ0v) is 18.9. The molecule has 3 aromatic rings. The summed E-state index contributed by atoms with van der Waals surface area (Å²) in [5.74, 6) is -0.191. The first-order valence-corrected chi connectivity index (χ1v) is 11.8. The Balaban J connectivity index is 1.35. The van der Waals surface area contributed by atoms with E-state index in [0.717, 1.165) is 42.7 Å². The van der Waals surface area contributed by atoms with E-state index in [1.165, 1.54) is 6.20 Å². The molecule has 5 heterocycles. The van der Waals surface area contributed by atoms with Crippen molar-refractivity contribution in [3.8, 4) is 0 Å². The fraction of sp³-hybridized carbons (Fsp3) is 0.417. The lowest BCUT2D eigenvalue weighted by atomic mass is 10.1. The van der Waals surface area contributed by atoms with Gasteiger partial charge < -0.3 is 25.2 Å². The van der Waals surface area contributed by atoms with Crippen molar-refractivity contribution >= 4 is 28.8 Å². The molecular formula is C24H27N7O3. The lowest BCUT2D eigenvalue weighted by Gasteiger charge is -2.31. The molecule has 176 valence electrons. The van der Waals surface area contributed by atoms with Gasteiger partial charge in [-0.1, -0.05) is 0 Å². The number of amides is 2. The summed E-state index contributed by atoms with van der Waals surface area (Å²) in [6.07, 6.45) is 6.85. The molecule has 0 aliphatic carbocycles. The number of carbonyl (C=O) groups excluding carboxylic acids is 2. The van der Waals surface area contributed by atoms with Gasteiger partial charge in [0.25, 0.3) is 11.8 Å². The Morgan fingerprint density at radius 1 is 1.18 bits per heavy atom. The molecule has 0 spiro atoms. The molecule has 0 saturated carbocycles. The first-order chi connectivity index (χ1) is 16.7. The second-order valence-electron chi connectivity index (χ2n) is 8.94. The van der Waals surface area contributed by atoms with E-state index in [4.69, 9.17) is 4.74 Å². The van der Waals surface area contributed by atoms with E-state index in [1.54, 1.807) is 23.0 Å². The molecule has 2 fully saturated rings. The van der Waals surface area contributed by atoms with Gasteiger partial charge in [0, 0.05) is 43.6 Å². The highest BCUT2D eigenvalue weighted by molar-refractivity contribution is 6.10. The van der Waals surface area contributed by atoms with Gasteiger partial charge in [0.2, 0.25) is 0 Å². The lowest BCUT2D eigenvalue weighted by Crippen LogP contribution is -2.43. The average molecular weight is 462 g/mol. The van der Waals surface area contributed by atoms with Crippen LogP contribution in [0.3, 0.4) is 0 Å². The van der Waals surface area contributed by atoms with Crippen LogP contribution < -0.4 is 15.5 Å². The smallest absolute Gasteiger partial charge is 0.261 e. The molecule has 2 N–H and O–H groups in total. The van der Waals surface area contributed by atoms with Crippen molar-refractivity contribution in [1.82, 2.24) is 24.8 Å². The van der Waals surface area contributed by atoms with Gasteiger partial charge in [-0.3, -0.25) is 9.59 Å². The molecule has 0 unspecified atom stereocenters. The highest BCUT2D eigenvalue weighted by atomic mass is 16.5. The molecule has 0 radical (unpaired) electrons. The molecule has 2 saturated heterocycles. The summed E-state index contributed by atoms with van der Waals surface area (Å²) in [5.41, 5.74) is 4.13. The number of morpholine rings is 1. The number of ether oxygens (including phenoxy) is 1. The van der Waals surface area contributed by atoms with Gasteiger partial charge in [-0.05, 0) is 49.7 Å². The minimum Gasteiger partial charge on any atom is -0.378 e. The third kappa shape index (κ3) is 3.68. The van der Waals surface area contributed by atoms with Gasteiger partial charge in [-0.25, -0.2) is 9.50 Å². The van der Waals surface area contributed by atoms with E-state index in [-0.39, 0.29) is 17.9 Å². The third-order valence-electron chi connectivity index (χ3n) is 6.93. The Morgan fingerprint density at radius 2 is 2.00 bits per heavy atom. The Labute approximate surface area is 196 Å². The zero-order chi connectivity index (χ0) is 23.1. The van der Waals surface area contributed by atoms with E-state index in [1.807, 2.05) is 17.0 Å². The summed E-state index contributed by atoms with van der Waals surface area (Å²) in [4.78, 5) is 35.1. The van der Waals surface area contributed by atoms with Crippen molar-refractivity contribution in [3.05, 3.63) is 53.5 Å². The number of hydrogen-bond donors (Lipinski definition) is 2. The van der Waals surface area contributed by atoms with Crippen LogP contribution >= 0.6 is 0 Å². The molecule has 3 aliphatic rings. The number of nitrogens with zero attached hydrogens (tertiary/aromatic N) is 5. The van der Waals surface area contributed by atoms with E-state index in [2.05, 4.69) is 25.6 Å². The molecule has 10 heteroatoms. The Kier molecular flexibility index (Phi) is 5.39. The van der Waals surface area contributed by atoms with Crippen LogP contribution in [0, 0.1) is 0 Å². The number of fused-ring (bicyclic) bond motifs is 2. The maximum atomic E-state index is 13.4. The van der Waals surface area contributed by atoms with Gasteiger partial charge >= 0.3 is 0 Å². The Hall–Kier alpha value is -3.50. The fourth-order valence-electron chi connectivity index (χ4n) is 5.13. The second kappa shape index (κ2) is 8.69. The quantitative estimate of drug-likeness (QED) is 0.607. The maximum Gasteiger partial charge on any atom is 0.261 e. The van der Waals surface area contributed by atoms with E-state index >= 15 is 0 Å². The molecule has 3 aliphatic heterocycles. The standard InChI is InChI=1S/C24H27N7O3/c32-23(19-14-27-31-7-1-4-26-22(19)31)28-20-12-16-15-30(17-2-5-25-6-3-17)24(33)18(16)13-21(20)29-8-10-34-11-9-29/h1,4,7,12-14,17,25H,2-3,5-6,8-11,15H2,(H,28,32). The topological polar surface area (TPSA) is 104 Å². The van der Waals surface area contributed by atoms with Crippen molar-refractivity contribution in [3.63, 3.8) is 0 Å². The van der Waals surface area contributed by atoms with Gasteiger partial charge in [-0.2, -0.15) is 5.10 Å². The number of anilines is 2. The Morgan fingerprint density at radius 3 is 2.82 bits per heavy atom. The lowest BCUT2D eigenvalue weighted by molar-refractivity contribution is 0.0668. The number of rotatable bonds is 4. The van der Waals surface area contributed by atoms with Crippen LogP contribution in [0.25, 0.3) is 5.65 Å². The van der Waals surface area contributed by atoms with Gasteiger partial charge in [0.15, 0.2) is 5.65 Å². The van der Waals surface area contributed by atoms with Crippen LogP contribution in [0.5, 0.6) is 0 Å². The summed E-state index contributed by atoms with van der Waals surface area (Å²) in [6.45, 7) is 5.05. The summed E-state index contributed by atoms with van der Waals surface area (Å²) in [7, 11) is 0. The second-order valence-corrected chi connectivity index (χ2v) is 8.94. The van der Waals surface area contributed by atoms with Gasteiger partial charge in [0.1, 0.15) is 5.56 Å². The predicted molar refractivity (Wildman–Crippen MR) is 126 cm³/mol. The highest BCUT2D eigenvalue weighted by Crippen LogP contribution is 2.36. The van der Waals surface area contributed by atoms with Crippen molar-refractivity contribution in [2.75, 3.05) is 49.6 Å². The van der Waals surface area contributed by atoms with Crippen LogP contribution in [0.1, 0.15) is 39.1 Å². The zero-order valence-electron chi connectivity index (χ0n) is 18.9. The fourth-order valence-corrected chi connectivity index (χ4v) is 5.13. The Bertz CT molecular complexity index is 1240. The van der Waals surface area contributed by atoms with Crippen molar-refractivity contribution in [1.29, 1.82) is 0 Å². The molecule has 0 bridgehead atoms. The molecule has 2 aromatic heterocycles. The van der Waals surface area contributed by atoms with Gasteiger partial charge in [-0.15, -0.1) is 0 Å². The minimum atomic E-state index is -0.275. The molecule has 6 rings (SSSR count). The van der Waals surface area contributed by atoms with Crippen molar-refractivity contribution in [2.45, 2.75) is 25.4 Å². The largest absolute Gasteiger partial charge is 0.378 e. The third-order valence-corrected chi connectivity index (χ3v) is 6.93. The number of aromatic nitrogens is 3. The summed E-state index contributed by atoms with van der Waals surface area (Å²) in [5, 5.41) is 10.7. The summed E-state index contributed by atoms with van der Waals surface area (Å²) < 4.78 is 7.11. The van der Waals surface area contributed by atoms with Crippen LogP contribution in [0.15, 0.2) is 36.8 Å². The van der Waals surface area contributed by atoms with Crippen LogP contribution in [0.4, 0.5) is 11.4 Å². The number of hydrogen-bond acceptors (Lipinski definition) is 7. The number of piperidine rings is 1. The SMILES string of the molecule is O=C(Nc1cc2c(cc1N1CCOCC1)C(=O)N(C1CCNCC1)C2)c1cnn2cccnc12. The maximum absolute atomic E-state index is 13.4. The molecule has 1 aromatic carbocycles. The van der Waals surface area contributed by atoms with Gasteiger partial charge in [0.05, 0.1) is 30.8 Å².